The summed E-state index contributed by atoms with van der Waals surface area (Å²) in [5.74, 6) is 0.00482. The number of nitrogens with zero attached hydrogens (tertiary/aromatic N) is 1. The van der Waals surface area contributed by atoms with E-state index in [-0.39, 0.29) is 12.2 Å². The molecule has 0 saturated carbocycles. The first-order valence-corrected chi connectivity index (χ1v) is 9.02. The lowest BCUT2D eigenvalue weighted by Crippen LogP contribution is -2.02. The summed E-state index contributed by atoms with van der Waals surface area (Å²) in [5, 5.41) is 9.31. The average molecular weight is 400 g/mol. The van der Waals surface area contributed by atoms with Gasteiger partial charge in [-0.25, -0.2) is 4.39 Å². The summed E-state index contributed by atoms with van der Waals surface area (Å²) < 4.78 is 31.0. The highest BCUT2D eigenvalue weighted by Gasteiger charge is 2.13. The minimum atomic E-state index is -0.831. The Bertz CT molecular complexity index is 1030. The highest BCUT2D eigenvalue weighted by Crippen LogP contribution is 2.37. The molecule has 0 radical (unpaired) electrons. The van der Waals surface area contributed by atoms with Crippen molar-refractivity contribution < 1.29 is 28.5 Å². The molecule has 152 valence electrons. The lowest BCUT2D eigenvalue weighted by atomic mass is 10.1. The molecular weight excluding hydrogens is 379 g/mol. The highest BCUT2D eigenvalue weighted by molar-refractivity contribution is 5.88. The van der Waals surface area contributed by atoms with Crippen molar-refractivity contribution in [3.05, 3.63) is 48.4 Å². The van der Waals surface area contributed by atoms with Crippen LogP contribution in [0.2, 0.25) is 0 Å². The lowest BCUT2D eigenvalue weighted by molar-refractivity contribution is -0.137. The van der Waals surface area contributed by atoms with Crippen LogP contribution in [0.25, 0.3) is 10.9 Å². The molecule has 3 rings (SSSR count). The highest BCUT2D eigenvalue weighted by atomic mass is 19.1. The minimum absolute atomic E-state index is 0.0458. The van der Waals surface area contributed by atoms with Gasteiger partial charge in [-0.3, -0.25) is 9.78 Å². The van der Waals surface area contributed by atoms with Crippen molar-refractivity contribution in [2.45, 2.75) is 19.3 Å². The largest absolute Gasteiger partial charge is 0.493 e. The number of ether oxygens (including phenoxy) is 3. The Morgan fingerprint density at radius 2 is 1.93 bits per heavy atom. The Morgan fingerprint density at radius 3 is 2.66 bits per heavy atom. The van der Waals surface area contributed by atoms with E-state index >= 15 is 0 Å². The second kappa shape index (κ2) is 9.09. The van der Waals surface area contributed by atoms with Crippen LogP contribution in [0, 0.1) is 5.82 Å². The van der Waals surface area contributed by atoms with Crippen LogP contribution in [-0.2, 0) is 4.79 Å². The molecule has 0 spiro atoms. The van der Waals surface area contributed by atoms with Gasteiger partial charge < -0.3 is 25.1 Å². The first-order chi connectivity index (χ1) is 14.0. The zero-order valence-electron chi connectivity index (χ0n) is 15.9. The van der Waals surface area contributed by atoms with Crippen molar-refractivity contribution in [3.63, 3.8) is 0 Å². The number of benzene rings is 2. The molecule has 2 aromatic carbocycles. The Labute approximate surface area is 166 Å². The quantitative estimate of drug-likeness (QED) is 0.405. The molecule has 0 aliphatic rings. The Kier molecular flexibility index (Phi) is 6.33. The third-order valence-electron chi connectivity index (χ3n) is 4.21. The number of pyridine rings is 1. The number of rotatable bonds is 9. The van der Waals surface area contributed by atoms with Crippen molar-refractivity contribution in [3.8, 4) is 23.0 Å². The summed E-state index contributed by atoms with van der Waals surface area (Å²) in [7, 11) is 1.51. The maximum atomic E-state index is 14.1. The second-order valence-corrected chi connectivity index (χ2v) is 6.32. The Balaban J connectivity index is 1.83. The van der Waals surface area contributed by atoms with Gasteiger partial charge in [-0.2, -0.15) is 0 Å². The number of nitrogen functional groups attached to an aromatic ring is 1. The van der Waals surface area contributed by atoms with E-state index in [1.807, 2.05) is 0 Å². The number of nitrogens with two attached hydrogens (primary N) is 1. The molecule has 0 unspecified atom stereocenters. The van der Waals surface area contributed by atoms with E-state index in [1.54, 1.807) is 30.5 Å². The molecule has 1 aromatic heterocycles. The first-order valence-electron chi connectivity index (χ1n) is 9.02. The van der Waals surface area contributed by atoms with Crippen LogP contribution >= 0.6 is 0 Å². The average Bonchev–Trinajstić information content (AvgIpc) is 2.69. The van der Waals surface area contributed by atoms with Gasteiger partial charge in [0.2, 0.25) is 0 Å². The number of methoxy groups -OCH3 is 1. The summed E-state index contributed by atoms with van der Waals surface area (Å²) in [6.45, 7) is 0.349. The fourth-order valence-corrected chi connectivity index (χ4v) is 2.77. The van der Waals surface area contributed by atoms with Crippen molar-refractivity contribution in [1.82, 2.24) is 4.98 Å². The number of carboxylic acids is 1. The molecule has 8 heteroatoms. The van der Waals surface area contributed by atoms with Crippen LogP contribution in [0.15, 0.2) is 42.6 Å². The number of anilines is 1. The minimum Gasteiger partial charge on any atom is -0.493 e. The molecule has 0 atom stereocenters. The number of hydrogen-bond donors (Lipinski definition) is 2. The van der Waals surface area contributed by atoms with Crippen LogP contribution in [0.1, 0.15) is 19.3 Å². The monoisotopic (exact) mass is 400 g/mol. The summed E-state index contributed by atoms with van der Waals surface area (Å²) in [4.78, 5) is 14.9. The van der Waals surface area contributed by atoms with Crippen LogP contribution in [0.5, 0.6) is 23.0 Å². The molecule has 7 nitrogen and oxygen atoms in total. The van der Waals surface area contributed by atoms with Crippen LogP contribution < -0.4 is 19.9 Å². The van der Waals surface area contributed by atoms with E-state index in [2.05, 4.69) is 4.98 Å². The smallest absolute Gasteiger partial charge is 0.303 e. The van der Waals surface area contributed by atoms with Gasteiger partial charge in [0.15, 0.2) is 23.1 Å². The number of carboxylic acid groups (broad SMARTS) is 1. The molecule has 0 aliphatic carbocycles. The van der Waals surface area contributed by atoms with E-state index in [1.165, 1.54) is 19.2 Å². The summed E-state index contributed by atoms with van der Waals surface area (Å²) in [6, 6.07) is 9.25. The molecular formula is C21H21FN2O5. The first kappa shape index (κ1) is 20.2. The molecule has 3 aromatic rings. The standard InChI is InChI=1S/C21H21FN2O5/c1-27-19-11-14-16(12-20(19)28-9-3-2-4-21(25)26)24-8-7-17(14)29-18-6-5-13(23)10-15(18)22/h5-8,10-12H,2-4,9,23H2,1H3,(H,25,26). The van der Waals surface area contributed by atoms with Gasteiger partial charge in [0.05, 0.1) is 19.2 Å². The molecule has 0 amide bonds. The molecule has 3 N–H and O–H groups in total. The van der Waals surface area contributed by atoms with E-state index in [4.69, 9.17) is 25.1 Å². The van der Waals surface area contributed by atoms with E-state index < -0.39 is 11.8 Å². The van der Waals surface area contributed by atoms with Crippen molar-refractivity contribution >= 4 is 22.6 Å². The normalized spacial score (nSPS) is 10.7. The third kappa shape index (κ3) is 5.04. The molecule has 0 fully saturated rings. The van der Waals surface area contributed by atoms with Crippen LogP contribution in [-0.4, -0.2) is 29.8 Å². The fraction of sp³-hybridized carbons (Fsp3) is 0.238. The predicted octanol–water partition coefficient (Wildman–Crippen LogP) is 4.39. The molecule has 0 bridgehead atoms. The number of halogens is 1. The number of unbranched alkanes of at least 4 members (excludes halogenated alkanes) is 1. The van der Waals surface area contributed by atoms with Crippen LogP contribution in [0.4, 0.5) is 10.1 Å². The number of hydrogen-bond acceptors (Lipinski definition) is 6. The van der Waals surface area contributed by atoms with Gasteiger partial charge in [0, 0.05) is 35.8 Å². The van der Waals surface area contributed by atoms with Gasteiger partial charge in [0.25, 0.3) is 0 Å². The van der Waals surface area contributed by atoms with Gasteiger partial charge in [-0.05, 0) is 37.1 Å². The van der Waals surface area contributed by atoms with E-state index in [0.717, 1.165) is 0 Å². The van der Waals surface area contributed by atoms with Crippen molar-refractivity contribution in [2.24, 2.45) is 0 Å². The maximum Gasteiger partial charge on any atom is 0.303 e. The van der Waals surface area contributed by atoms with Gasteiger partial charge >= 0.3 is 5.97 Å². The number of fused-ring (bicyclic) bond motifs is 1. The predicted molar refractivity (Wildman–Crippen MR) is 106 cm³/mol. The summed E-state index contributed by atoms with van der Waals surface area (Å²) in [6.07, 6.45) is 2.77. The molecule has 0 saturated heterocycles. The number of aliphatic carboxylic acids is 1. The second-order valence-electron chi connectivity index (χ2n) is 6.32. The topological polar surface area (TPSA) is 104 Å². The van der Waals surface area contributed by atoms with Crippen LogP contribution in [0.3, 0.4) is 0 Å². The Morgan fingerprint density at radius 1 is 1.10 bits per heavy atom. The lowest BCUT2D eigenvalue weighted by Gasteiger charge is -2.14. The SMILES string of the molecule is COc1cc2c(Oc3ccc(N)cc3F)ccnc2cc1OCCCCC(=O)O. The van der Waals surface area contributed by atoms with E-state index in [9.17, 15) is 9.18 Å². The van der Waals surface area contributed by atoms with Crippen molar-refractivity contribution in [1.29, 1.82) is 0 Å². The molecule has 1 heterocycles. The zero-order valence-corrected chi connectivity index (χ0v) is 15.9. The number of carbonyl (C=O) groups is 1. The third-order valence-corrected chi connectivity index (χ3v) is 4.21. The van der Waals surface area contributed by atoms with Crippen molar-refractivity contribution in [2.75, 3.05) is 19.5 Å². The summed E-state index contributed by atoms with van der Waals surface area (Å²) >= 11 is 0. The van der Waals surface area contributed by atoms with Gasteiger partial charge in [-0.15, -0.1) is 0 Å². The Hall–Kier alpha value is -3.55. The fourth-order valence-electron chi connectivity index (χ4n) is 2.77. The zero-order chi connectivity index (χ0) is 20.8. The number of aromatic nitrogens is 1. The van der Waals surface area contributed by atoms with Gasteiger partial charge in [0.1, 0.15) is 5.75 Å². The van der Waals surface area contributed by atoms with Gasteiger partial charge in [-0.1, -0.05) is 0 Å². The molecule has 0 aliphatic heterocycles. The molecule has 29 heavy (non-hydrogen) atoms. The maximum absolute atomic E-state index is 14.1. The van der Waals surface area contributed by atoms with E-state index in [0.29, 0.717) is 53.3 Å². The summed E-state index contributed by atoms with van der Waals surface area (Å²) in [5.41, 5.74) is 6.46.